The summed E-state index contributed by atoms with van der Waals surface area (Å²) >= 11 is 5.97. The van der Waals surface area contributed by atoms with Gasteiger partial charge in [-0.05, 0) is 42.3 Å². The number of benzene rings is 2. The van der Waals surface area contributed by atoms with E-state index in [1.54, 1.807) is 6.07 Å². The van der Waals surface area contributed by atoms with E-state index in [1.807, 2.05) is 6.07 Å². The molecule has 1 heterocycles. The number of halogens is 1. The molecule has 0 N–H and O–H groups in total. The highest BCUT2D eigenvalue weighted by molar-refractivity contribution is 7.87. The third-order valence-electron chi connectivity index (χ3n) is 3.88. The van der Waals surface area contributed by atoms with Crippen molar-refractivity contribution < 1.29 is 17.4 Å². The average Bonchev–Trinajstić information content (AvgIpc) is 3.00. The Morgan fingerprint density at radius 3 is 2.68 bits per heavy atom. The number of carbonyl (C=O) groups excluding carboxylic acids is 1. The van der Waals surface area contributed by atoms with Gasteiger partial charge in [0.25, 0.3) is 0 Å². The van der Waals surface area contributed by atoms with Crippen molar-refractivity contribution >= 4 is 33.3 Å². The largest absolute Gasteiger partial charge is 0.377 e. The van der Waals surface area contributed by atoms with E-state index in [-0.39, 0.29) is 21.6 Å². The highest BCUT2D eigenvalue weighted by Crippen LogP contribution is 2.33. The van der Waals surface area contributed by atoms with Gasteiger partial charge in [-0.1, -0.05) is 17.7 Å². The molecule has 3 rings (SSSR count). The predicted molar refractivity (Wildman–Crippen MR) is 92.2 cm³/mol. The molecule has 2 aromatic carbocycles. The van der Waals surface area contributed by atoms with Crippen LogP contribution in [0.25, 0.3) is 0 Å². The van der Waals surface area contributed by atoms with Crippen molar-refractivity contribution in [2.24, 2.45) is 0 Å². The van der Waals surface area contributed by atoms with Gasteiger partial charge in [-0.2, -0.15) is 13.7 Å². The van der Waals surface area contributed by atoms with Gasteiger partial charge < -0.3 is 9.08 Å². The number of hydrogen-bond donors (Lipinski definition) is 0. The third kappa shape index (κ3) is 3.31. The maximum Gasteiger partial charge on any atom is 0.339 e. The molecule has 0 bridgehead atoms. The normalized spacial score (nSPS) is 13.2. The summed E-state index contributed by atoms with van der Waals surface area (Å²) < 4.78 is 30.2. The number of carbonyl (C=O) groups is 1. The van der Waals surface area contributed by atoms with Crippen molar-refractivity contribution in [1.29, 1.82) is 5.26 Å². The second-order valence-electron chi connectivity index (χ2n) is 5.51. The van der Waals surface area contributed by atoms with Gasteiger partial charge in [-0.15, -0.1) is 0 Å². The molecule has 0 radical (unpaired) electrons. The zero-order valence-electron chi connectivity index (χ0n) is 13.2. The molecule has 0 saturated heterocycles. The summed E-state index contributed by atoms with van der Waals surface area (Å²) in [6, 6.07) is 10.5. The molecule has 1 amide bonds. The van der Waals surface area contributed by atoms with Crippen LogP contribution in [-0.4, -0.2) is 20.9 Å². The number of hydrogen-bond acceptors (Lipinski definition) is 5. The molecule has 1 aliphatic heterocycles. The van der Waals surface area contributed by atoms with Crippen LogP contribution in [0.4, 0.5) is 5.69 Å². The Labute approximate surface area is 150 Å². The van der Waals surface area contributed by atoms with Crippen LogP contribution in [0.15, 0.2) is 41.3 Å². The van der Waals surface area contributed by atoms with E-state index in [1.165, 1.54) is 42.2 Å². The molecular formula is C17H13ClN2O4S. The summed E-state index contributed by atoms with van der Waals surface area (Å²) in [6.07, 6.45) is 0.678. The Balaban J connectivity index is 1.95. The number of fused-ring (bicyclic) bond motifs is 1. The van der Waals surface area contributed by atoms with Crippen LogP contribution in [0.1, 0.15) is 18.1 Å². The molecule has 128 valence electrons. The van der Waals surface area contributed by atoms with Gasteiger partial charge >= 0.3 is 10.1 Å². The lowest BCUT2D eigenvalue weighted by Gasteiger charge is -2.16. The fraction of sp³-hybridized carbons (Fsp3) is 0.176. The van der Waals surface area contributed by atoms with Crippen molar-refractivity contribution in [1.82, 2.24) is 0 Å². The highest BCUT2D eigenvalue weighted by atomic mass is 35.5. The van der Waals surface area contributed by atoms with Gasteiger partial charge in [0.15, 0.2) is 5.75 Å². The van der Waals surface area contributed by atoms with Crippen molar-refractivity contribution in [2.45, 2.75) is 18.2 Å². The number of nitriles is 1. The van der Waals surface area contributed by atoms with Crippen molar-refractivity contribution in [3.05, 3.63) is 52.5 Å². The van der Waals surface area contributed by atoms with Crippen LogP contribution in [0.2, 0.25) is 5.02 Å². The van der Waals surface area contributed by atoms with Gasteiger partial charge in [-0.25, -0.2) is 0 Å². The van der Waals surface area contributed by atoms with E-state index in [0.29, 0.717) is 24.2 Å². The van der Waals surface area contributed by atoms with Crippen LogP contribution < -0.4 is 9.08 Å². The highest BCUT2D eigenvalue weighted by Gasteiger charge is 2.26. The van der Waals surface area contributed by atoms with Gasteiger partial charge in [0.1, 0.15) is 4.90 Å². The van der Waals surface area contributed by atoms with Gasteiger partial charge in [0.05, 0.1) is 16.7 Å². The molecule has 1 aliphatic rings. The zero-order valence-corrected chi connectivity index (χ0v) is 14.8. The van der Waals surface area contributed by atoms with Crippen LogP contribution in [0.3, 0.4) is 0 Å². The maximum atomic E-state index is 12.5. The molecule has 0 saturated carbocycles. The minimum atomic E-state index is -4.13. The molecule has 25 heavy (non-hydrogen) atoms. The van der Waals surface area contributed by atoms with E-state index < -0.39 is 10.1 Å². The number of anilines is 1. The standard InChI is InChI=1S/C17H13ClN2O4S/c1-11(21)20-7-6-13-3-4-14(9-16(13)20)25(22,23)24-17-5-2-12(10-19)8-15(17)18/h2-5,8-9H,6-7H2,1H3. The lowest BCUT2D eigenvalue weighted by Crippen LogP contribution is -2.26. The van der Waals surface area contributed by atoms with E-state index in [2.05, 4.69) is 0 Å². The second kappa shape index (κ2) is 6.39. The van der Waals surface area contributed by atoms with Crippen molar-refractivity contribution in [3.8, 4) is 11.8 Å². The first-order valence-electron chi connectivity index (χ1n) is 7.37. The molecule has 0 unspecified atom stereocenters. The van der Waals surface area contributed by atoms with E-state index in [0.717, 1.165) is 5.56 Å². The van der Waals surface area contributed by atoms with Crippen LogP contribution in [0.5, 0.6) is 5.75 Å². The fourth-order valence-corrected chi connectivity index (χ4v) is 3.88. The van der Waals surface area contributed by atoms with E-state index in [9.17, 15) is 13.2 Å². The quantitative estimate of drug-likeness (QED) is 0.768. The summed E-state index contributed by atoms with van der Waals surface area (Å²) in [7, 11) is -4.13. The predicted octanol–water partition coefficient (Wildman–Crippen LogP) is 2.89. The first kappa shape index (κ1) is 17.3. The summed E-state index contributed by atoms with van der Waals surface area (Å²) in [5.41, 5.74) is 1.78. The number of amides is 1. The minimum absolute atomic E-state index is 0.0224. The third-order valence-corrected chi connectivity index (χ3v) is 5.41. The Morgan fingerprint density at radius 2 is 2.04 bits per heavy atom. The fourth-order valence-electron chi connectivity index (χ4n) is 2.65. The SMILES string of the molecule is CC(=O)N1CCc2ccc(S(=O)(=O)Oc3ccc(C#N)cc3Cl)cc21. The molecule has 2 aromatic rings. The molecule has 0 aliphatic carbocycles. The van der Waals surface area contributed by atoms with Gasteiger partial charge in [-0.3, -0.25) is 4.79 Å². The molecule has 0 aromatic heterocycles. The summed E-state index contributed by atoms with van der Waals surface area (Å²) in [4.78, 5) is 13.1. The summed E-state index contributed by atoms with van der Waals surface area (Å²) in [5, 5.41) is 8.85. The lowest BCUT2D eigenvalue weighted by molar-refractivity contribution is -0.116. The molecule has 0 atom stereocenters. The van der Waals surface area contributed by atoms with Crippen molar-refractivity contribution in [3.63, 3.8) is 0 Å². The first-order valence-corrected chi connectivity index (χ1v) is 9.15. The summed E-state index contributed by atoms with van der Waals surface area (Å²) in [5.74, 6) is -0.214. The second-order valence-corrected chi connectivity index (χ2v) is 7.46. The molecule has 6 nitrogen and oxygen atoms in total. The Bertz CT molecular complexity index is 1010. The summed E-state index contributed by atoms with van der Waals surface area (Å²) in [6.45, 7) is 1.96. The minimum Gasteiger partial charge on any atom is -0.377 e. The van der Waals surface area contributed by atoms with Gasteiger partial charge in [0, 0.05) is 19.2 Å². The molecule has 0 spiro atoms. The topological polar surface area (TPSA) is 87.5 Å². The van der Waals surface area contributed by atoms with Crippen LogP contribution in [-0.2, 0) is 21.3 Å². The average molecular weight is 377 g/mol. The van der Waals surface area contributed by atoms with Crippen molar-refractivity contribution in [2.75, 3.05) is 11.4 Å². The molecular weight excluding hydrogens is 364 g/mol. The van der Waals surface area contributed by atoms with E-state index >= 15 is 0 Å². The smallest absolute Gasteiger partial charge is 0.339 e. The number of rotatable bonds is 3. The molecule has 0 fully saturated rings. The lowest BCUT2D eigenvalue weighted by atomic mass is 10.2. The maximum absolute atomic E-state index is 12.5. The van der Waals surface area contributed by atoms with Crippen LogP contribution >= 0.6 is 11.6 Å². The Kier molecular flexibility index (Phi) is 4.41. The van der Waals surface area contributed by atoms with Gasteiger partial charge in [0.2, 0.25) is 5.91 Å². The Hall–Kier alpha value is -2.56. The monoisotopic (exact) mass is 376 g/mol. The molecule has 8 heteroatoms. The van der Waals surface area contributed by atoms with Crippen LogP contribution in [0, 0.1) is 11.3 Å². The number of nitrogens with zero attached hydrogens (tertiary/aromatic N) is 2. The van der Waals surface area contributed by atoms with E-state index in [4.69, 9.17) is 21.0 Å². The zero-order chi connectivity index (χ0) is 18.2. The first-order chi connectivity index (χ1) is 11.8. The Morgan fingerprint density at radius 1 is 1.28 bits per heavy atom.